The first kappa shape index (κ1) is 16.8. The smallest absolute Gasteiger partial charge is 0.454 e. The molecule has 0 saturated carbocycles. The van der Waals surface area contributed by atoms with Crippen molar-refractivity contribution < 1.29 is 23.5 Å². The second kappa shape index (κ2) is 7.68. The number of hydrogen-bond acceptors (Lipinski definition) is 4. The summed E-state index contributed by atoms with van der Waals surface area (Å²) in [4.78, 5) is 0. The van der Waals surface area contributed by atoms with Crippen LogP contribution in [0, 0.1) is 0 Å². The van der Waals surface area contributed by atoms with E-state index in [1.165, 1.54) is 0 Å². The molecule has 126 valence electrons. The van der Waals surface area contributed by atoms with Gasteiger partial charge in [-0.3, -0.25) is 0 Å². The van der Waals surface area contributed by atoms with E-state index in [0.29, 0.717) is 24.4 Å². The van der Waals surface area contributed by atoms with Crippen molar-refractivity contribution in [3.05, 3.63) is 48.0 Å². The van der Waals surface area contributed by atoms with Gasteiger partial charge in [-0.05, 0) is 35.1 Å². The molecule has 0 amide bonds. The third-order valence-corrected chi connectivity index (χ3v) is 4.17. The summed E-state index contributed by atoms with van der Waals surface area (Å²) in [6, 6.07) is 13.7. The van der Waals surface area contributed by atoms with Gasteiger partial charge in [0.2, 0.25) is 0 Å². The molecule has 1 fully saturated rings. The summed E-state index contributed by atoms with van der Waals surface area (Å²) in [5.74, 6) is 1.30. The summed E-state index contributed by atoms with van der Waals surface area (Å²) in [6.45, 7) is -0.0257. The van der Waals surface area contributed by atoms with E-state index in [-0.39, 0.29) is 12.5 Å². The Bertz CT molecular complexity index is 694. The van der Waals surface area contributed by atoms with Crippen LogP contribution in [0.25, 0.3) is 11.1 Å². The zero-order valence-corrected chi connectivity index (χ0v) is 13.6. The average Bonchev–Trinajstić information content (AvgIpc) is 3.06. The molecule has 0 aliphatic carbocycles. The van der Waals surface area contributed by atoms with Crippen LogP contribution in [0.4, 0.5) is 4.39 Å². The maximum Gasteiger partial charge on any atom is 0.454 e. The Hall–Kier alpha value is -2.05. The molecule has 2 aromatic rings. The molecule has 3 rings (SSSR count). The van der Waals surface area contributed by atoms with E-state index in [1.807, 2.05) is 36.4 Å². The van der Waals surface area contributed by atoms with Crippen molar-refractivity contribution in [2.24, 2.45) is 0 Å². The molecule has 4 nitrogen and oxygen atoms in total. The molecule has 0 radical (unpaired) electrons. The lowest BCUT2D eigenvalue weighted by molar-refractivity contribution is 0.260. The second-order valence-corrected chi connectivity index (χ2v) is 5.75. The van der Waals surface area contributed by atoms with Crippen LogP contribution in [-0.4, -0.2) is 39.1 Å². The van der Waals surface area contributed by atoms with E-state index in [0.717, 1.165) is 16.7 Å². The molecule has 1 N–H and O–H groups in total. The van der Waals surface area contributed by atoms with Crippen molar-refractivity contribution >= 4 is 7.12 Å². The first-order valence-corrected chi connectivity index (χ1v) is 7.98. The van der Waals surface area contributed by atoms with Crippen molar-refractivity contribution in [3.63, 3.8) is 0 Å². The lowest BCUT2D eigenvalue weighted by atomic mass is 9.79. The first-order valence-electron chi connectivity index (χ1n) is 7.98. The minimum absolute atomic E-state index is 0.00282. The van der Waals surface area contributed by atoms with Gasteiger partial charge in [0, 0.05) is 12.5 Å². The Balaban J connectivity index is 1.88. The number of rotatable bonds is 6. The predicted molar refractivity (Wildman–Crippen MR) is 91.4 cm³/mol. The zero-order chi connectivity index (χ0) is 16.9. The van der Waals surface area contributed by atoms with Gasteiger partial charge in [0.25, 0.3) is 0 Å². The molecule has 0 aromatic heterocycles. The van der Waals surface area contributed by atoms with Crippen LogP contribution in [0.5, 0.6) is 11.5 Å². The Kier molecular flexibility index (Phi) is 5.38. The molecular weight excluding hydrogens is 310 g/mol. The molecular formula is C18H20BFO4. The van der Waals surface area contributed by atoms with E-state index in [9.17, 15) is 9.41 Å². The van der Waals surface area contributed by atoms with E-state index in [2.05, 4.69) is 6.07 Å². The van der Waals surface area contributed by atoms with Gasteiger partial charge in [0.15, 0.2) is 11.5 Å². The molecule has 1 saturated heterocycles. The van der Waals surface area contributed by atoms with Crippen molar-refractivity contribution in [2.45, 2.75) is 12.2 Å². The fourth-order valence-electron chi connectivity index (χ4n) is 2.93. The fourth-order valence-corrected chi connectivity index (χ4v) is 2.93. The summed E-state index contributed by atoms with van der Waals surface area (Å²) in [6.07, 6.45) is 0.608. The monoisotopic (exact) mass is 330 g/mol. The standard InChI is InChI=1S/C18H20BFO4/c1-22-17-6-5-15(10-18(17)23-8-7-20)13-3-2-4-14(9-13)16-11-19(21)24-12-16/h2-6,9-10,16,21H,7-8,11-12H2,1H3/t16-/m0/s1. The Labute approximate surface area is 141 Å². The number of benzene rings is 2. The summed E-state index contributed by atoms with van der Waals surface area (Å²) in [7, 11) is 0.879. The number of ether oxygens (including phenoxy) is 2. The van der Waals surface area contributed by atoms with Crippen molar-refractivity contribution in [3.8, 4) is 22.6 Å². The quantitative estimate of drug-likeness (QED) is 0.826. The van der Waals surface area contributed by atoms with Gasteiger partial charge in [-0.25, -0.2) is 4.39 Å². The van der Waals surface area contributed by atoms with Gasteiger partial charge in [0.1, 0.15) is 13.3 Å². The third kappa shape index (κ3) is 3.71. The Morgan fingerprint density at radius 2 is 2.04 bits per heavy atom. The summed E-state index contributed by atoms with van der Waals surface area (Å²) in [5.41, 5.74) is 3.12. The van der Waals surface area contributed by atoms with Crippen LogP contribution >= 0.6 is 0 Å². The van der Waals surface area contributed by atoms with Crippen LogP contribution in [0.2, 0.25) is 6.32 Å². The average molecular weight is 330 g/mol. The minimum Gasteiger partial charge on any atom is -0.493 e. The minimum atomic E-state index is -0.680. The fraction of sp³-hybridized carbons (Fsp3) is 0.333. The Morgan fingerprint density at radius 1 is 1.21 bits per heavy atom. The van der Waals surface area contributed by atoms with Gasteiger partial charge in [0.05, 0.1) is 7.11 Å². The van der Waals surface area contributed by atoms with E-state index >= 15 is 0 Å². The van der Waals surface area contributed by atoms with Crippen molar-refractivity contribution in [1.29, 1.82) is 0 Å². The third-order valence-electron chi connectivity index (χ3n) is 4.17. The molecule has 0 spiro atoms. The maximum atomic E-state index is 12.4. The SMILES string of the molecule is COc1ccc(-c2cccc([C@@H]3COB(O)C3)c2)cc1OCCF. The number of halogens is 1. The number of hydrogen-bond donors (Lipinski definition) is 1. The van der Waals surface area contributed by atoms with Gasteiger partial charge in [-0.15, -0.1) is 0 Å². The van der Waals surface area contributed by atoms with E-state index < -0.39 is 13.8 Å². The van der Waals surface area contributed by atoms with Gasteiger partial charge in [-0.1, -0.05) is 30.3 Å². The summed E-state index contributed by atoms with van der Waals surface area (Å²) >= 11 is 0. The molecule has 24 heavy (non-hydrogen) atoms. The topological polar surface area (TPSA) is 47.9 Å². The predicted octanol–water partition coefficient (Wildman–Crippen LogP) is 3.30. The van der Waals surface area contributed by atoms with Crippen LogP contribution in [0.15, 0.2) is 42.5 Å². The Morgan fingerprint density at radius 3 is 2.75 bits per heavy atom. The van der Waals surface area contributed by atoms with Gasteiger partial charge < -0.3 is 19.2 Å². The van der Waals surface area contributed by atoms with Gasteiger partial charge in [-0.2, -0.15) is 0 Å². The highest BCUT2D eigenvalue weighted by molar-refractivity contribution is 6.43. The van der Waals surface area contributed by atoms with Crippen molar-refractivity contribution in [2.75, 3.05) is 27.0 Å². The zero-order valence-electron chi connectivity index (χ0n) is 13.6. The highest BCUT2D eigenvalue weighted by atomic mass is 19.1. The highest BCUT2D eigenvalue weighted by Crippen LogP contribution is 2.35. The van der Waals surface area contributed by atoms with Crippen LogP contribution in [0.1, 0.15) is 11.5 Å². The first-order chi connectivity index (χ1) is 11.7. The summed E-state index contributed by atoms with van der Waals surface area (Å²) in [5, 5.41) is 9.54. The van der Waals surface area contributed by atoms with Crippen LogP contribution in [-0.2, 0) is 4.65 Å². The molecule has 2 aromatic carbocycles. The van der Waals surface area contributed by atoms with Crippen molar-refractivity contribution in [1.82, 2.24) is 0 Å². The van der Waals surface area contributed by atoms with E-state index in [4.69, 9.17) is 14.1 Å². The van der Waals surface area contributed by atoms with Crippen LogP contribution in [0.3, 0.4) is 0 Å². The van der Waals surface area contributed by atoms with Crippen LogP contribution < -0.4 is 9.47 Å². The highest BCUT2D eigenvalue weighted by Gasteiger charge is 2.29. The lowest BCUT2D eigenvalue weighted by Crippen LogP contribution is -2.07. The molecule has 1 heterocycles. The van der Waals surface area contributed by atoms with E-state index in [1.54, 1.807) is 7.11 Å². The van der Waals surface area contributed by atoms with Gasteiger partial charge >= 0.3 is 7.12 Å². The molecule has 0 unspecified atom stereocenters. The molecule has 1 aliphatic heterocycles. The number of methoxy groups -OCH3 is 1. The lowest BCUT2D eigenvalue weighted by Gasteiger charge is -2.13. The molecule has 1 aliphatic rings. The second-order valence-electron chi connectivity index (χ2n) is 5.75. The molecule has 1 atom stereocenters. The number of alkyl halides is 1. The summed E-state index contributed by atoms with van der Waals surface area (Å²) < 4.78 is 28.3. The maximum absolute atomic E-state index is 12.4. The normalized spacial score (nSPS) is 17.1. The largest absolute Gasteiger partial charge is 0.493 e. The molecule has 6 heteroatoms. The molecule has 0 bridgehead atoms.